The molecule has 0 saturated carbocycles. The lowest BCUT2D eigenvalue weighted by Gasteiger charge is -2.13. The second-order valence-electron chi connectivity index (χ2n) is 6.18. The number of ether oxygens (including phenoxy) is 1. The lowest BCUT2D eigenvalue weighted by Crippen LogP contribution is -2.48. The third-order valence-corrected chi connectivity index (χ3v) is 4.13. The number of nitrogens with two attached hydrogens (primary N) is 1. The van der Waals surface area contributed by atoms with Crippen LogP contribution in [0.4, 0.5) is 15.4 Å². The first-order chi connectivity index (χ1) is 14.4. The van der Waals surface area contributed by atoms with Crippen LogP contribution in [-0.4, -0.2) is 52.3 Å². The van der Waals surface area contributed by atoms with Crippen LogP contribution in [0.2, 0.25) is 0 Å². The van der Waals surface area contributed by atoms with Crippen molar-refractivity contribution in [3.05, 3.63) is 48.8 Å². The molecule has 2 aromatic heterocycles. The van der Waals surface area contributed by atoms with Crippen molar-refractivity contribution >= 4 is 34.7 Å². The Hall–Kier alpha value is -4.12. The molecule has 0 bridgehead atoms. The molecule has 0 fully saturated rings. The van der Waals surface area contributed by atoms with Gasteiger partial charge >= 0.3 is 12.1 Å². The quantitative estimate of drug-likeness (QED) is 0.406. The molecule has 11 nitrogen and oxygen atoms in total. The number of carbonyl (C=O) groups is 3. The Kier molecular flexibility index (Phi) is 6.13. The van der Waals surface area contributed by atoms with Gasteiger partial charge in [0.1, 0.15) is 23.4 Å². The normalized spacial score (nSPS) is 11.5. The minimum Gasteiger partial charge on any atom is -0.457 e. The van der Waals surface area contributed by atoms with Crippen molar-refractivity contribution < 1.29 is 24.2 Å². The number of anilines is 1. The van der Waals surface area contributed by atoms with Crippen LogP contribution in [0.1, 0.15) is 0 Å². The van der Waals surface area contributed by atoms with Gasteiger partial charge in [-0.15, -0.1) is 0 Å². The Bertz CT molecular complexity index is 1100. The molecular weight excluding hydrogens is 392 g/mol. The monoisotopic (exact) mass is 412 g/mol. The van der Waals surface area contributed by atoms with Crippen molar-refractivity contribution in [3.8, 4) is 11.5 Å². The number of fused-ring (bicyclic) bond motifs is 1. The fourth-order valence-electron chi connectivity index (χ4n) is 2.68. The molecule has 3 rings (SSSR count). The number of amides is 4. The van der Waals surface area contributed by atoms with Crippen LogP contribution in [0.15, 0.2) is 48.8 Å². The Morgan fingerprint density at radius 3 is 2.67 bits per heavy atom. The summed E-state index contributed by atoms with van der Waals surface area (Å²) in [4.78, 5) is 38.9. The molecule has 0 unspecified atom stereocenters. The fourth-order valence-corrected chi connectivity index (χ4v) is 2.68. The smallest absolute Gasteiger partial charge is 0.325 e. The van der Waals surface area contributed by atoms with Gasteiger partial charge in [-0.05, 0) is 30.3 Å². The van der Waals surface area contributed by atoms with E-state index >= 15 is 0 Å². The van der Waals surface area contributed by atoms with Crippen molar-refractivity contribution in [2.24, 2.45) is 5.73 Å². The largest absolute Gasteiger partial charge is 0.457 e. The van der Waals surface area contributed by atoms with E-state index in [4.69, 9.17) is 15.6 Å². The van der Waals surface area contributed by atoms with Gasteiger partial charge in [0, 0.05) is 30.9 Å². The predicted octanol–water partition coefficient (Wildman–Crippen LogP) is 0.984. The zero-order valence-corrected chi connectivity index (χ0v) is 16.0. The van der Waals surface area contributed by atoms with Gasteiger partial charge in [0.05, 0.1) is 12.1 Å². The molecule has 11 heteroatoms. The van der Waals surface area contributed by atoms with Crippen molar-refractivity contribution in [1.29, 1.82) is 0 Å². The first-order valence-corrected chi connectivity index (χ1v) is 8.86. The van der Waals surface area contributed by atoms with E-state index in [0.717, 1.165) is 10.9 Å². The maximum Gasteiger partial charge on any atom is 0.325 e. The van der Waals surface area contributed by atoms with E-state index < -0.39 is 24.6 Å². The summed E-state index contributed by atoms with van der Waals surface area (Å²) in [5, 5.41) is 17.1. The van der Waals surface area contributed by atoms with E-state index in [1.165, 1.54) is 16.8 Å². The molecule has 0 radical (unpaired) electrons. The average Bonchev–Trinajstić information content (AvgIpc) is 3.14. The number of hydrogen-bond acceptors (Lipinski definition) is 6. The number of primary amides is 1. The highest BCUT2D eigenvalue weighted by molar-refractivity contribution is 5.93. The predicted molar refractivity (Wildman–Crippen MR) is 108 cm³/mol. The van der Waals surface area contributed by atoms with Crippen LogP contribution in [0.5, 0.6) is 11.5 Å². The summed E-state index contributed by atoms with van der Waals surface area (Å²) in [7, 11) is 1.55. The van der Waals surface area contributed by atoms with E-state index in [1.807, 2.05) is 0 Å². The number of carbonyl (C=O) groups excluding carboxylic acids is 3. The summed E-state index contributed by atoms with van der Waals surface area (Å²) in [5.41, 5.74) is 5.79. The van der Waals surface area contributed by atoms with Crippen LogP contribution in [0.3, 0.4) is 0 Å². The highest BCUT2D eigenvalue weighted by Gasteiger charge is 2.17. The summed E-state index contributed by atoms with van der Waals surface area (Å²) in [6.45, 7) is -0.622. The molecule has 4 amide bonds. The summed E-state index contributed by atoms with van der Waals surface area (Å²) < 4.78 is 7.29. The van der Waals surface area contributed by atoms with Gasteiger partial charge in [-0.1, -0.05) is 0 Å². The van der Waals surface area contributed by atoms with Gasteiger partial charge in [0.2, 0.25) is 5.91 Å². The summed E-state index contributed by atoms with van der Waals surface area (Å²) >= 11 is 0. The standard InChI is InChI=1S/C19H20N6O5/c1-21-19(29)25-7-5-11-8-12(2-3-15(11)25)30-13-4-6-22-16(9-13)24-18(28)23-14(10-26)17(20)27/h2-9,14,26H,10H2,1H3,(H2,20,27)(H,21,29)(H2,22,23,24,28)/t14-/m1/s1. The molecule has 0 spiro atoms. The summed E-state index contributed by atoms with van der Waals surface area (Å²) in [6.07, 6.45) is 3.09. The molecule has 0 aliphatic heterocycles. The Labute approximate surface area is 170 Å². The molecule has 0 saturated heterocycles. The Morgan fingerprint density at radius 2 is 1.97 bits per heavy atom. The lowest BCUT2D eigenvalue weighted by atomic mass is 10.2. The van der Waals surface area contributed by atoms with Crippen LogP contribution < -0.4 is 26.4 Å². The van der Waals surface area contributed by atoms with Crippen molar-refractivity contribution in [2.75, 3.05) is 19.0 Å². The second kappa shape index (κ2) is 8.92. The van der Waals surface area contributed by atoms with E-state index in [-0.39, 0.29) is 11.8 Å². The van der Waals surface area contributed by atoms with Crippen molar-refractivity contribution in [3.63, 3.8) is 0 Å². The van der Waals surface area contributed by atoms with Crippen LogP contribution in [0.25, 0.3) is 10.9 Å². The highest BCUT2D eigenvalue weighted by Crippen LogP contribution is 2.27. The van der Waals surface area contributed by atoms with Crippen LogP contribution in [-0.2, 0) is 4.79 Å². The molecule has 30 heavy (non-hydrogen) atoms. The van der Waals surface area contributed by atoms with Gasteiger partial charge < -0.3 is 26.2 Å². The number of pyridine rings is 1. The van der Waals surface area contributed by atoms with Crippen molar-refractivity contribution in [2.45, 2.75) is 6.04 Å². The number of urea groups is 1. The number of benzene rings is 1. The Morgan fingerprint density at radius 1 is 1.20 bits per heavy atom. The minimum atomic E-state index is -1.21. The van der Waals surface area contributed by atoms with Crippen LogP contribution >= 0.6 is 0 Å². The molecule has 6 N–H and O–H groups in total. The van der Waals surface area contributed by atoms with E-state index in [0.29, 0.717) is 11.5 Å². The molecule has 3 aromatic rings. The fraction of sp³-hybridized carbons (Fsp3) is 0.158. The maximum atomic E-state index is 11.9. The average molecular weight is 412 g/mol. The first kappa shape index (κ1) is 20.6. The zero-order chi connectivity index (χ0) is 21.7. The number of aromatic nitrogens is 2. The van der Waals surface area contributed by atoms with Gasteiger partial charge in [-0.25, -0.2) is 14.6 Å². The summed E-state index contributed by atoms with van der Waals surface area (Å²) in [6, 6.07) is 7.90. The number of rotatable bonds is 6. The molecule has 0 aliphatic carbocycles. The van der Waals surface area contributed by atoms with Gasteiger partial charge in [-0.3, -0.25) is 14.7 Å². The molecular formula is C19H20N6O5. The molecule has 1 atom stereocenters. The zero-order valence-electron chi connectivity index (χ0n) is 16.0. The topological polar surface area (TPSA) is 161 Å². The number of hydrogen-bond donors (Lipinski definition) is 5. The molecule has 2 heterocycles. The van der Waals surface area contributed by atoms with E-state index in [2.05, 4.69) is 20.9 Å². The highest BCUT2D eigenvalue weighted by atomic mass is 16.5. The molecule has 156 valence electrons. The van der Waals surface area contributed by atoms with Gasteiger partial charge in [0.15, 0.2) is 0 Å². The minimum absolute atomic E-state index is 0.165. The maximum absolute atomic E-state index is 11.9. The van der Waals surface area contributed by atoms with Gasteiger partial charge in [-0.2, -0.15) is 0 Å². The molecule has 0 aliphatic rings. The summed E-state index contributed by atoms with van der Waals surface area (Å²) in [5.74, 6) is 0.225. The number of aliphatic hydroxyl groups is 1. The second-order valence-corrected chi connectivity index (χ2v) is 6.18. The van der Waals surface area contributed by atoms with Crippen LogP contribution in [0, 0.1) is 0 Å². The van der Waals surface area contributed by atoms with Crippen molar-refractivity contribution in [1.82, 2.24) is 20.2 Å². The first-order valence-electron chi connectivity index (χ1n) is 8.86. The number of aliphatic hydroxyl groups excluding tert-OH is 1. The van der Waals surface area contributed by atoms with E-state index in [9.17, 15) is 14.4 Å². The third-order valence-electron chi connectivity index (χ3n) is 4.13. The number of nitrogens with one attached hydrogen (secondary N) is 3. The SMILES string of the molecule is CNC(=O)n1ccc2cc(Oc3ccnc(NC(=O)N[C@H](CO)C(N)=O)c3)ccc21. The third kappa shape index (κ3) is 4.64. The van der Waals surface area contributed by atoms with E-state index in [1.54, 1.807) is 43.6 Å². The lowest BCUT2D eigenvalue weighted by molar-refractivity contribution is -0.120. The number of nitrogens with zero attached hydrogens (tertiary/aromatic N) is 2. The van der Waals surface area contributed by atoms with Gasteiger partial charge in [0.25, 0.3) is 0 Å². The Balaban J connectivity index is 1.71. The molecule has 1 aromatic carbocycles.